The van der Waals surface area contributed by atoms with Crippen molar-refractivity contribution in [1.82, 2.24) is 0 Å². The Morgan fingerprint density at radius 3 is 1.71 bits per heavy atom. The Hall–Kier alpha value is -1.04. The van der Waals surface area contributed by atoms with Gasteiger partial charge in [-0.25, -0.2) is 0 Å². The van der Waals surface area contributed by atoms with Crippen molar-refractivity contribution in [3.8, 4) is 0 Å². The first-order chi connectivity index (χ1) is 10.3. The van der Waals surface area contributed by atoms with Crippen LogP contribution in [0.4, 0.5) is 0 Å². The van der Waals surface area contributed by atoms with Crippen LogP contribution in [-0.4, -0.2) is 0 Å². The zero-order valence-electron chi connectivity index (χ0n) is 14.1. The van der Waals surface area contributed by atoms with Gasteiger partial charge < -0.3 is 0 Å². The summed E-state index contributed by atoms with van der Waals surface area (Å²) >= 11 is 0. The fourth-order valence-electron chi connectivity index (χ4n) is 2.82. The minimum Gasteiger partial charge on any atom is -0.0952 e. The van der Waals surface area contributed by atoms with Crippen LogP contribution in [0.2, 0.25) is 0 Å². The molecule has 0 nitrogen and oxygen atoms in total. The van der Waals surface area contributed by atoms with Gasteiger partial charge in [-0.15, -0.1) is 0 Å². The maximum Gasteiger partial charge on any atom is -0.0230 e. The van der Waals surface area contributed by atoms with Gasteiger partial charge in [-0.2, -0.15) is 0 Å². The van der Waals surface area contributed by atoms with Crippen LogP contribution in [0.25, 0.3) is 5.57 Å². The van der Waals surface area contributed by atoms with Gasteiger partial charge in [-0.05, 0) is 24.0 Å². The first kappa shape index (κ1) is 18.0. The molecule has 0 N–H and O–H groups in total. The summed E-state index contributed by atoms with van der Waals surface area (Å²) in [4.78, 5) is 0. The van der Waals surface area contributed by atoms with E-state index in [1.54, 1.807) is 0 Å². The molecular formula is C21H34. The van der Waals surface area contributed by atoms with E-state index in [-0.39, 0.29) is 0 Å². The van der Waals surface area contributed by atoms with Crippen molar-refractivity contribution in [1.29, 1.82) is 0 Å². The van der Waals surface area contributed by atoms with E-state index in [4.69, 9.17) is 0 Å². The second-order valence-corrected chi connectivity index (χ2v) is 6.26. The summed E-state index contributed by atoms with van der Waals surface area (Å²) < 4.78 is 0. The van der Waals surface area contributed by atoms with Crippen molar-refractivity contribution in [2.75, 3.05) is 0 Å². The molecule has 0 saturated heterocycles. The van der Waals surface area contributed by atoms with Gasteiger partial charge in [0.15, 0.2) is 0 Å². The van der Waals surface area contributed by atoms with E-state index >= 15 is 0 Å². The Balaban J connectivity index is 1.88. The highest BCUT2D eigenvalue weighted by Gasteiger charge is 1.98. The molecule has 0 aliphatic heterocycles. The van der Waals surface area contributed by atoms with Crippen molar-refractivity contribution < 1.29 is 0 Å². The van der Waals surface area contributed by atoms with Crippen LogP contribution in [0.15, 0.2) is 36.9 Å². The van der Waals surface area contributed by atoms with Gasteiger partial charge in [0, 0.05) is 0 Å². The number of hydrogen-bond donors (Lipinski definition) is 0. The van der Waals surface area contributed by atoms with Crippen molar-refractivity contribution >= 4 is 5.57 Å². The molecule has 0 amide bonds. The number of unbranched alkanes of at least 4 members (excludes halogenated alkanes) is 10. The van der Waals surface area contributed by atoms with E-state index in [9.17, 15) is 0 Å². The van der Waals surface area contributed by atoms with E-state index in [0.29, 0.717) is 0 Å². The molecule has 0 saturated carbocycles. The lowest BCUT2D eigenvalue weighted by molar-refractivity contribution is 0.551. The molecule has 1 aromatic carbocycles. The van der Waals surface area contributed by atoms with Crippen molar-refractivity contribution in [3.05, 3.63) is 42.5 Å². The van der Waals surface area contributed by atoms with Gasteiger partial charge in [0.05, 0.1) is 0 Å². The van der Waals surface area contributed by atoms with E-state index in [2.05, 4.69) is 43.8 Å². The molecule has 1 aromatic rings. The van der Waals surface area contributed by atoms with Crippen LogP contribution in [0.1, 0.15) is 89.5 Å². The summed E-state index contributed by atoms with van der Waals surface area (Å²) in [7, 11) is 0. The zero-order chi connectivity index (χ0) is 15.2. The van der Waals surface area contributed by atoms with Crippen LogP contribution in [-0.2, 0) is 0 Å². The summed E-state index contributed by atoms with van der Waals surface area (Å²) in [6.45, 7) is 6.49. The average molecular weight is 287 g/mol. The normalized spacial score (nSPS) is 10.7. The van der Waals surface area contributed by atoms with E-state index in [1.165, 1.54) is 81.8 Å². The molecule has 0 aromatic heterocycles. The first-order valence-corrected chi connectivity index (χ1v) is 9.07. The summed E-state index contributed by atoms with van der Waals surface area (Å²) in [5.74, 6) is 0. The molecule has 0 aliphatic rings. The second kappa shape index (κ2) is 12.7. The van der Waals surface area contributed by atoms with Crippen molar-refractivity contribution in [2.45, 2.75) is 84.0 Å². The minimum atomic E-state index is 1.15. The largest absolute Gasteiger partial charge is 0.0952 e. The second-order valence-electron chi connectivity index (χ2n) is 6.26. The van der Waals surface area contributed by atoms with Crippen LogP contribution in [0.3, 0.4) is 0 Å². The summed E-state index contributed by atoms with van der Waals surface area (Å²) in [5, 5.41) is 0. The third-order valence-corrected chi connectivity index (χ3v) is 4.26. The standard InChI is InChI=1S/C21H34/c1-3-4-5-6-7-8-9-10-11-12-14-17-20(2)21-18-15-13-16-19-21/h13,15-16,18-19H,2-12,14,17H2,1H3. The molecule has 0 atom stereocenters. The third kappa shape index (κ3) is 9.50. The zero-order valence-corrected chi connectivity index (χ0v) is 14.1. The van der Waals surface area contributed by atoms with Gasteiger partial charge in [0.25, 0.3) is 0 Å². The molecule has 0 radical (unpaired) electrons. The van der Waals surface area contributed by atoms with E-state index in [1.807, 2.05) is 0 Å². The van der Waals surface area contributed by atoms with Crippen LogP contribution in [0.5, 0.6) is 0 Å². The third-order valence-electron chi connectivity index (χ3n) is 4.26. The van der Waals surface area contributed by atoms with Crippen LogP contribution in [0, 0.1) is 0 Å². The van der Waals surface area contributed by atoms with Gasteiger partial charge in [0.2, 0.25) is 0 Å². The predicted molar refractivity (Wildman–Crippen MR) is 96.6 cm³/mol. The Kier molecular flexibility index (Phi) is 10.9. The molecule has 0 unspecified atom stereocenters. The summed E-state index contributed by atoms with van der Waals surface area (Å²) in [6, 6.07) is 10.6. The topological polar surface area (TPSA) is 0 Å². The van der Waals surface area contributed by atoms with Crippen molar-refractivity contribution in [2.24, 2.45) is 0 Å². The molecule has 0 bridgehead atoms. The lowest BCUT2D eigenvalue weighted by atomic mass is 10.00. The summed E-state index contributed by atoms with van der Waals surface area (Å²) in [6.07, 6.45) is 16.6. The molecular weight excluding hydrogens is 252 g/mol. The molecule has 0 aliphatic carbocycles. The highest BCUT2D eigenvalue weighted by Crippen LogP contribution is 2.19. The predicted octanol–water partition coefficient (Wildman–Crippen LogP) is 7.40. The molecule has 118 valence electrons. The summed E-state index contributed by atoms with van der Waals surface area (Å²) in [5.41, 5.74) is 2.61. The maximum atomic E-state index is 4.21. The minimum absolute atomic E-state index is 1.15. The number of hydrogen-bond acceptors (Lipinski definition) is 0. The van der Waals surface area contributed by atoms with E-state index < -0.39 is 0 Å². The van der Waals surface area contributed by atoms with Crippen LogP contribution >= 0.6 is 0 Å². The lowest BCUT2D eigenvalue weighted by Crippen LogP contribution is -1.85. The number of benzene rings is 1. The first-order valence-electron chi connectivity index (χ1n) is 9.07. The average Bonchev–Trinajstić information content (AvgIpc) is 2.53. The lowest BCUT2D eigenvalue weighted by Gasteiger charge is -2.06. The maximum absolute atomic E-state index is 4.21. The molecule has 0 fully saturated rings. The van der Waals surface area contributed by atoms with E-state index in [0.717, 1.165) is 6.42 Å². The van der Waals surface area contributed by atoms with Gasteiger partial charge in [-0.1, -0.05) is 108 Å². The fraction of sp³-hybridized carbons (Fsp3) is 0.619. The van der Waals surface area contributed by atoms with Crippen LogP contribution < -0.4 is 0 Å². The molecule has 0 spiro atoms. The van der Waals surface area contributed by atoms with Gasteiger partial charge >= 0.3 is 0 Å². The molecule has 1 rings (SSSR count). The molecule has 0 heterocycles. The molecule has 21 heavy (non-hydrogen) atoms. The quantitative estimate of drug-likeness (QED) is 0.331. The smallest absolute Gasteiger partial charge is 0.0230 e. The Morgan fingerprint density at radius 2 is 1.19 bits per heavy atom. The Morgan fingerprint density at radius 1 is 0.714 bits per heavy atom. The highest BCUT2D eigenvalue weighted by atomic mass is 14.0. The number of rotatable bonds is 13. The van der Waals surface area contributed by atoms with Crippen molar-refractivity contribution in [3.63, 3.8) is 0 Å². The van der Waals surface area contributed by atoms with Gasteiger partial charge in [0.1, 0.15) is 0 Å². The SMILES string of the molecule is C=C(CCCCCCCCCCCCC)c1ccccc1. The Labute approximate surface area is 132 Å². The fourth-order valence-corrected chi connectivity index (χ4v) is 2.82. The molecule has 0 heteroatoms. The number of allylic oxidation sites excluding steroid dienone is 1. The highest BCUT2D eigenvalue weighted by molar-refractivity contribution is 5.62. The van der Waals surface area contributed by atoms with Gasteiger partial charge in [-0.3, -0.25) is 0 Å². The Bertz CT molecular complexity index is 350. The monoisotopic (exact) mass is 286 g/mol.